The van der Waals surface area contributed by atoms with Gasteiger partial charge in [-0.25, -0.2) is 15.0 Å². The van der Waals surface area contributed by atoms with Gasteiger partial charge in [-0.3, -0.25) is 0 Å². The molecule has 0 saturated heterocycles. The Morgan fingerprint density at radius 2 is 0.877 bits per heavy atom. The topological polar surface area (TPSA) is 56.7 Å². The van der Waals surface area contributed by atoms with Gasteiger partial charge in [-0.2, -0.15) is 0 Å². The number of furan rings is 1. The van der Waals surface area contributed by atoms with E-state index in [-0.39, 0.29) is 0 Å². The Morgan fingerprint density at radius 1 is 0.368 bits per heavy atom. The first-order valence-corrected chi connectivity index (χ1v) is 19.8. The molecule has 0 aliphatic rings. The molecular formula is C51H30N4OS. The molecule has 0 radical (unpaired) electrons. The average Bonchev–Trinajstić information content (AvgIpc) is 3.95. The summed E-state index contributed by atoms with van der Waals surface area (Å²) in [6.07, 6.45) is 0. The molecule has 0 saturated carbocycles. The molecule has 0 fully saturated rings. The number of nitrogens with zero attached hydrogens (tertiary/aromatic N) is 4. The Labute approximate surface area is 330 Å². The van der Waals surface area contributed by atoms with Crippen molar-refractivity contribution in [3.05, 3.63) is 182 Å². The number of fused-ring (bicyclic) bond motifs is 9. The highest BCUT2D eigenvalue weighted by Gasteiger charge is 2.19. The molecule has 4 aromatic heterocycles. The highest BCUT2D eigenvalue weighted by atomic mass is 32.1. The van der Waals surface area contributed by atoms with E-state index >= 15 is 0 Å². The number of thiophene rings is 1. The summed E-state index contributed by atoms with van der Waals surface area (Å²) in [6.45, 7) is 0. The molecule has 0 spiro atoms. The fourth-order valence-corrected chi connectivity index (χ4v) is 9.54. The van der Waals surface area contributed by atoms with E-state index in [1.807, 2.05) is 30.3 Å². The van der Waals surface area contributed by atoms with Gasteiger partial charge < -0.3 is 8.98 Å². The standard InChI is InChI=1S/C51H30N4OS/c1-3-12-31(13-4-1)33-22-26-39-40-27-24-35(30-47(40)57-46(39)29-33)51-53-49(32-14-5-2-6-15-32)52-50(54-51)34-23-25-38-41-18-11-21-44(48(41)56-45(38)28-34)55-42-19-9-7-16-36(42)37-17-8-10-20-43(37)55/h1-30H. The van der Waals surface area contributed by atoms with E-state index in [9.17, 15) is 0 Å². The number of aromatic nitrogens is 4. The lowest BCUT2D eigenvalue weighted by atomic mass is 10.0. The Hall–Kier alpha value is -7.41. The zero-order valence-electron chi connectivity index (χ0n) is 30.4. The summed E-state index contributed by atoms with van der Waals surface area (Å²) >= 11 is 1.80. The van der Waals surface area contributed by atoms with Gasteiger partial charge in [0.1, 0.15) is 5.58 Å². The van der Waals surface area contributed by atoms with Crippen LogP contribution in [0.3, 0.4) is 0 Å². The smallest absolute Gasteiger partial charge is 0.164 e. The fraction of sp³-hybridized carbons (Fsp3) is 0. The molecule has 0 amide bonds. The summed E-state index contributed by atoms with van der Waals surface area (Å²) in [4.78, 5) is 15.3. The Kier molecular flexibility index (Phi) is 7.03. The van der Waals surface area contributed by atoms with Crippen LogP contribution in [-0.4, -0.2) is 19.5 Å². The number of benzene rings is 8. The van der Waals surface area contributed by atoms with Crippen LogP contribution in [0.5, 0.6) is 0 Å². The van der Waals surface area contributed by atoms with Gasteiger partial charge in [0.25, 0.3) is 0 Å². The van der Waals surface area contributed by atoms with Gasteiger partial charge in [-0.15, -0.1) is 11.3 Å². The van der Waals surface area contributed by atoms with Crippen LogP contribution in [0.15, 0.2) is 186 Å². The molecular weight excluding hydrogens is 717 g/mol. The number of para-hydroxylation sites is 3. The minimum Gasteiger partial charge on any atom is -0.454 e. The van der Waals surface area contributed by atoms with Crippen LogP contribution < -0.4 is 0 Å². The van der Waals surface area contributed by atoms with E-state index in [1.165, 1.54) is 42.1 Å². The third kappa shape index (κ3) is 5.12. The molecule has 5 nitrogen and oxygen atoms in total. The van der Waals surface area contributed by atoms with Gasteiger partial charge in [0.15, 0.2) is 23.1 Å². The van der Waals surface area contributed by atoms with Crippen molar-refractivity contribution in [2.75, 3.05) is 0 Å². The van der Waals surface area contributed by atoms with Gasteiger partial charge in [0.2, 0.25) is 0 Å². The van der Waals surface area contributed by atoms with E-state index < -0.39 is 0 Å². The Morgan fingerprint density at radius 3 is 1.54 bits per heavy atom. The summed E-state index contributed by atoms with van der Waals surface area (Å²) < 4.78 is 11.6. The average molecular weight is 747 g/mol. The molecule has 0 aliphatic heterocycles. The highest BCUT2D eigenvalue weighted by molar-refractivity contribution is 7.25. The first-order chi connectivity index (χ1) is 28.2. The van der Waals surface area contributed by atoms with Crippen LogP contribution in [0.2, 0.25) is 0 Å². The van der Waals surface area contributed by atoms with E-state index in [1.54, 1.807) is 11.3 Å². The minimum atomic E-state index is 0.591. The molecule has 0 bridgehead atoms. The van der Waals surface area contributed by atoms with Crippen molar-refractivity contribution in [3.63, 3.8) is 0 Å². The summed E-state index contributed by atoms with van der Waals surface area (Å²) in [6, 6.07) is 63.8. The van der Waals surface area contributed by atoms with Crippen molar-refractivity contribution < 1.29 is 4.42 Å². The number of hydrogen-bond acceptors (Lipinski definition) is 5. The lowest BCUT2D eigenvalue weighted by molar-refractivity contribution is 0.666. The molecule has 12 rings (SSSR count). The van der Waals surface area contributed by atoms with Gasteiger partial charge in [0.05, 0.1) is 16.7 Å². The lowest BCUT2D eigenvalue weighted by Crippen LogP contribution is -2.00. The molecule has 0 atom stereocenters. The van der Waals surface area contributed by atoms with Gasteiger partial charge in [-0.1, -0.05) is 140 Å². The third-order valence-electron chi connectivity index (χ3n) is 11.1. The van der Waals surface area contributed by atoms with Crippen LogP contribution in [-0.2, 0) is 0 Å². The number of rotatable bonds is 5. The molecule has 12 aromatic rings. The van der Waals surface area contributed by atoms with Gasteiger partial charge in [-0.05, 0) is 53.6 Å². The van der Waals surface area contributed by atoms with Crippen LogP contribution in [0.1, 0.15) is 0 Å². The second kappa shape index (κ2) is 12.6. The first kappa shape index (κ1) is 31.9. The minimum absolute atomic E-state index is 0.591. The van der Waals surface area contributed by atoms with Crippen LogP contribution in [0, 0.1) is 0 Å². The van der Waals surface area contributed by atoms with Crippen molar-refractivity contribution >= 4 is 75.3 Å². The molecule has 8 aromatic carbocycles. The predicted molar refractivity (Wildman–Crippen MR) is 236 cm³/mol. The Bertz CT molecular complexity index is 3470. The lowest BCUT2D eigenvalue weighted by Gasteiger charge is -2.08. The second-order valence-corrected chi connectivity index (χ2v) is 15.5. The summed E-state index contributed by atoms with van der Waals surface area (Å²) in [5.41, 5.74) is 10.1. The van der Waals surface area contributed by atoms with Crippen molar-refractivity contribution in [1.29, 1.82) is 0 Å². The number of hydrogen-bond donors (Lipinski definition) is 0. The first-order valence-electron chi connectivity index (χ1n) is 19.0. The molecule has 0 aliphatic carbocycles. The second-order valence-electron chi connectivity index (χ2n) is 14.4. The van der Waals surface area contributed by atoms with Gasteiger partial charge >= 0.3 is 0 Å². The van der Waals surface area contributed by atoms with E-state index in [4.69, 9.17) is 19.4 Å². The maximum atomic E-state index is 6.82. The largest absolute Gasteiger partial charge is 0.454 e. The van der Waals surface area contributed by atoms with Crippen molar-refractivity contribution in [3.8, 4) is 51.0 Å². The van der Waals surface area contributed by atoms with E-state index in [0.29, 0.717) is 17.5 Å². The molecule has 0 unspecified atom stereocenters. The molecule has 57 heavy (non-hydrogen) atoms. The zero-order valence-corrected chi connectivity index (χ0v) is 31.2. The van der Waals surface area contributed by atoms with Crippen molar-refractivity contribution in [2.45, 2.75) is 0 Å². The molecule has 4 heterocycles. The molecule has 6 heteroatoms. The molecule has 0 N–H and O–H groups in total. The maximum absolute atomic E-state index is 6.82. The normalized spacial score (nSPS) is 11.9. The maximum Gasteiger partial charge on any atom is 0.164 e. The monoisotopic (exact) mass is 746 g/mol. The third-order valence-corrected chi connectivity index (χ3v) is 12.2. The molecule has 266 valence electrons. The van der Waals surface area contributed by atoms with Gasteiger partial charge in [0, 0.05) is 58.4 Å². The SMILES string of the molecule is c1ccc(-c2ccc3c(c2)sc2cc(-c4nc(-c5ccccc5)nc(-c5ccc6c(c5)oc5c(-n7c8ccccc8c8ccccc87)cccc56)n4)ccc23)cc1. The zero-order chi connectivity index (χ0) is 37.5. The van der Waals surface area contributed by atoms with Crippen LogP contribution in [0.25, 0.3) is 115 Å². The fourth-order valence-electron chi connectivity index (χ4n) is 8.36. The summed E-state index contributed by atoms with van der Waals surface area (Å²) in [5.74, 6) is 1.84. The summed E-state index contributed by atoms with van der Waals surface area (Å²) in [5, 5.41) is 7.01. The van der Waals surface area contributed by atoms with Crippen LogP contribution >= 0.6 is 11.3 Å². The van der Waals surface area contributed by atoms with E-state index in [0.717, 1.165) is 55.3 Å². The summed E-state index contributed by atoms with van der Waals surface area (Å²) in [7, 11) is 0. The van der Waals surface area contributed by atoms with E-state index in [2.05, 4.69) is 156 Å². The van der Waals surface area contributed by atoms with Crippen molar-refractivity contribution in [2.24, 2.45) is 0 Å². The predicted octanol–water partition coefficient (Wildman–Crippen LogP) is 13.9. The Balaban J connectivity index is 1.000. The quantitative estimate of drug-likeness (QED) is 0.176. The van der Waals surface area contributed by atoms with Crippen LogP contribution in [0.4, 0.5) is 0 Å². The van der Waals surface area contributed by atoms with Crippen molar-refractivity contribution in [1.82, 2.24) is 19.5 Å². The highest BCUT2D eigenvalue weighted by Crippen LogP contribution is 2.41.